The lowest BCUT2D eigenvalue weighted by Crippen LogP contribution is -2.21. The number of halogens is 1. The van der Waals surface area contributed by atoms with Crippen LogP contribution in [-0.2, 0) is 6.54 Å². The molecule has 1 fully saturated rings. The zero-order chi connectivity index (χ0) is 14.1. The van der Waals surface area contributed by atoms with Crippen molar-refractivity contribution in [1.82, 2.24) is 10.3 Å². The van der Waals surface area contributed by atoms with E-state index in [1.54, 1.807) is 0 Å². The first kappa shape index (κ1) is 14.2. The van der Waals surface area contributed by atoms with E-state index >= 15 is 0 Å². The van der Waals surface area contributed by atoms with Gasteiger partial charge in [0.25, 0.3) is 0 Å². The van der Waals surface area contributed by atoms with E-state index < -0.39 is 0 Å². The molecular formula is C16H19BrN2S. The second-order valence-corrected chi connectivity index (χ2v) is 7.56. The SMILES string of the molecule is CC(C)NCc1sc(-c2ccccc2Br)nc1C1CC1. The van der Waals surface area contributed by atoms with Gasteiger partial charge in [-0.2, -0.15) is 0 Å². The van der Waals surface area contributed by atoms with Crippen LogP contribution in [0.1, 0.15) is 43.2 Å². The predicted octanol–water partition coefficient (Wildman–Crippen LogP) is 4.95. The maximum absolute atomic E-state index is 4.93. The summed E-state index contributed by atoms with van der Waals surface area (Å²) in [6, 6.07) is 8.85. The summed E-state index contributed by atoms with van der Waals surface area (Å²) in [6.07, 6.45) is 2.60. The number of hydrogen-bond acceptors (Lipinski definition) is 3. The first-order chi connectivity index (χ1) is 9.65. The summed E-state index contributed by atoms with van der Waals surface area (Å²) >= 11 is 5.47. The maximum Gasteiger partial charge on any atom is 0.125 e. The number of hydrogen-bond donors (Lipinski definition) is 1. The molecule has 1 aliphatic rings. The summed E-state index contributed by atoms with van der Waals surface area (Å²) in [4.78, 5) is 6.34. The Morgan fingerprint density at radius 3 is 2.75 bits per heavy atom. The highest BCUT2D eigenvalue weighted by Gasteiger charge is 2.29. The van der Waals surface area contributed by atoms with Crippen LogP contribution < -0.4 is 5.32 Å². The fraction of sp³-hybridized carbons (Fsp3) is 0.438. The third kappa shape index (κ3) is 3.13. The van der Waals surface area contributed by atoms with Gasteiger partial charge in [-0.05, 0) is 18.9 Å². The number of benzene rings is 1. The van der Waals surface area contributed by atoms with Crippen LogP contribution >= 0.6 is 27.3 Å². The lowest BCUT2D eigenvalue weighted by atomic mass is 10.2. The fourth-order valence-electron chi connectivity index (χ4n) is 2.21. The Morgan fingerprint density at radius 1 is 1.35 bits per heavy atom. The summed E-state index contributed by atoms with van der Waals surface area (Å²) in [5.41, 5.74) is 2.53. The molecule has 0 spiro atoms. The van der Waals surface area contributed by atoms with Crippen molar-refractivity contribution >= 4 is 27.3 Å². The Balaban J connectivity index is 1.93. The summed E-state index contributed by atoms with van der Waals surface area (Å²) in [7, 11) is 0. The summed E-state index contributed by atoms with van der Waals surface area (Å²) in [6.45, 7) is 5.31. The molecule has 0 unspecified atom stereocenters. The van der Waals surface area contributed by atoms with Crippen LogP contribution in [0.15, 0.2) is 28.7 Å². The average molecular weight is 351 g/mol. The topological polar surface area (TPSA) is 24.9 Å². The summed E-state index contributed by atoms with van der Waals surface area (Å²) in [5, 5.41) is 4.66. The normalized spacial score (nSPS) is 15.0. The molecule has 106 valence electrons. The molecular weight excluding hydrogens is 332 g/mol. The molecule has 0 atom stereocenters. The van der Waals surface area contributed by atoms with E-state index in [2.05, 4.69) is 53.3 Å². The molecule has 3 rings (SSSR count). The number of nitrogens with one attached hydrogen (secondary N) is 1. The fourth-order valence-corrected chi connectivity index (χ4v) is 3.95. The maximum atomic E-state index is 4.93. The van der Waals surface area contributed by atoms with Crippen LogP contribution in [0.4, 0.5) is 0 Å². The quantitative estimate of drug-likeness (QED) is 0.825. The second-order valence-electron chi connectivity index (χ2n) is 5.62. The molecule has 0 saturated heterocycles. The number of nitrogens with zero attached hydrogens (tertiary/aromatic N) is 1. The van der Waals surface area contributed by atoms with Gasteiger partial charge in [0.1, 0.15) is 5.01 Å². The van der Waals surface area contributed by atoms with Gasteiger partial charge in [-0.1, -0.05) is 48.0 Å². The van der Waals surface area contributed by atoms with Crippen molar-refractivity contribution in [1.29, 1.82) is 0 Å². The molecule has 1 N–H and O–H groups in total. The summed E-state index contributed by atoms with van der Waals surface area (Å²) in [5.74, 6) is 0.700. The Morgan fingerprint density at radius 2 is 2.10 bits per heavy atom. The molecule has 1 saturated carbocycles. The van der Waals surface area contributed by atoms with Gasteiger partial charge >= 0.3 is 0 Å². The van der Waals surface area contributed by atoms with E-state index in [0.717, 1.165) is 16.0 Å². The van der Waals surface area contributed by atoms with Crippen LogP contribution in [0.25, 0.3) is 10.6 Å². The Kier molecular flexibility index (Phi) is 4.24. The van der Waals surface area contributed by atoms with Crippen LogP contribution in [0.2, 0.25) is 0 Å². The zero-order valence-electron chi connectivity index (χ0n) is 11.8. The highest BCUT2D eigenvalue weighted by atomic mass is 79.9. The predicted molar refractivity (Wildman–Crippen MR) is 89.2 cm³/mol. The van der Waals surface area contributed by atoms with Gasteiger partial charge in [0, 0.05) is 33.4 Å². The minimum Gasteiger partial charge on any atom is -0.310 e. The van der Waals surface area contributed by atoms with Crippen LogP contribution in [0, 0.1) is 0 Å². The number of aromatic nitrogens is 1. The van der Waals surface area contributed by atoms with Crippen molar-refractivity contribution < 1.29 is 0 Å². The Bertz CT molecular complexity index is 602. The molecule has 1 heterocycles. The first-order valence-electron chi connectivity index (χ1n) is 7.13. The second kappa shape index (κ2) is 5.96. The third-order valence-electron chi connectivity index (χ3n) is 3.47. The largest absolute Gasteiger partial charge is 0.310 e. The highest BCUT2D eigenvalue weighted by Crippen LogP contribution is 2.44. The molecule has 2 nitrogen and oxygen atoms in total. The van der Waals surface area contributed by atoms with Gasteiger partial charge in [0.2, 0.25) is 0 Å². The molecule has 0 amide bonds. The van der Waals surface area contributed by atoms with Crippen LogP contribution in [0.5, 0.6) is 0 Å². The highest BCUT2D eigenvalue weighted by molar-refractivity contribution is 9.10. The van der Waals surface area contributed by atoms with Gasteiger partial charge in [0.15, 0.2) is 0 Å². The van der Waals surface area contributed by atoms with Gasteiger partial charge in [-0.3, -0.25) is 0 Å². The minimum absolute atomic E-state index is 0.510. The zero-order valence-corrected chi connectivity index (χ0v) is 14.2. The van der Waals surface area contributed by atoms with E-state index in [-0.39, 0.29) is 0 Å². The smallest absolute Gasteiger partial charge is 0.125 e. The standard InChI is InChI=1S/C16H19BrN2S/c1-10(2)18-9-14-15(11-7-8-11)19-16(20-14)12-5-3-4-6-13(12)17/h3-6,10-11,18H,7-9H2,1-2H3. The molecule has 1 aliphatic carbocycles. The summed E-state index contributed by atoms with van der Waals surface area (Å²) < 4.78 is 1.12. The van der Waals surface area contributed by atoms with Crippen molar-refractivity contribution in [3.05, 3.63) is 39.3 Å². The van der Waals surface area contributed by atoms with Crippen molar-refractivity contribution in [2.24, 2.45) is 0 Å². The average Bonchev–Trinajstić information content (AvgIpc) is 3.18. The lowest BCUT2D eigenvalue weighted by Gasteiger charge is -2.07. The van der Waals surface area contributed by atoms with Gasteiger partial charge in [-0.15, -0.1) is 11.3 Å². The molecule has 0 aliphatic heterocycles. The van der Waals surface area contributed by atoms with Gasteiger partial charge in [0.05, 0.1) is 5.69 Å². The monoisotopic (exact) mass is 350 g/mol. The minimum atomic E-state index is 0.510. The first-order valence-corrected chi connectivity index (χ1v) is 8.74. The Hall–Kier alpha value is -0.710. The van der Waals surface area contributed by atoms with Crippen molar-refractivity contribution in [3.8, 4) is 10.6 Å². The number of thiazole rings is 1. The molecule has 1 aromatic heterocycles. The van der Waals surface area contributed by atoms with Crippen LogP contribution in [-0.4, -0.2) is 11.0 Å². The Labute approximate surface area is 132 Å². The number of rotatable bonds is 5. The van der Waals surface area contributed by atoms with E-state index in [0.29, 0.717) is 12.0 Å². The van der Waals surface area contributed by atoms with Crippen molar-refractivity contribution in [2.45, 2.75) is 45.2 Å². The molecule has 0 bridgehead atoms. The van der Waals surface area contributed by atoms with Crippen molar-refractivity contribution in [3.63, 3.8) is 0 Å². The van der Waals surface area contributed by atoms with E-state index in [9.17, 15) is 0 Å². The molecule has 2 aromatic rings. The molecule has 20 heavy (non-hydrogen) atoms. The molecule has 4 heteroatoms. The van der Waals surface area contributed by atoms with Crippen LogP contribution in [0.3, 0.4) is 0 Å². The molecule has 0 radical (unpaired) electrons. The van der Waals surface area contributed by atoms with Gasteiger partial charge < -0.3 is 5.32 Å². The van der Waals surface area contributed by atoms with E-state index in [4.69, 9.17) is 4.98 Å². The lowest BCUT2D eigenvalue weighted by molar-refractivity contribution is 0.590. The van der Waals surface area contributed by atoms with E-state index in [1.165, 1.54) is 29.0 Å². The van der Waals surface area contributed by atoms with Gasteiger partial charge in [-0.25, -0.2) is 4.98 Å². The van der Waals surface area contributed by atoms with Crippen molar-refractivity contribution in [2.75, 3.05) is 0 Å². The molecule has 1 aromatic carbocycles. The third-order valence-corrected chi connectivity index (χ3v) is 5.26. The van der Waals surface area contributed by atoms with E-state index in [1.807, 2.05) is 17.4 Å².